The molecule has 0 saturated heterocycles. The van der Waals surface area contributed by atoms with Gasteiger partial charge >= 0.3 is 0 Å². The maximum atomic E-state index is 11.3. The Morgan fingerprint density at radius 2 is 2.50 bits per heavy atom. The maximum absolute atomic E-state index is 11.3. The third-order valence-corrected chi connectivity index (χ3v) is 3.11. The Morgan fingerprint density at radius 3 is 3.08 bits per heavy atom. The highest BCUT2D eigenvalue weighted by molar-refractivity contribution is 8.13. The minimum Gasteiger partial charge on any atom is -0.287 e. The third-order valence-electron chi connectivity index (χ3n) is 2.01. The Hall–Kier alpha value is -0.240. The summed E-state index contributed by atoms with van der Waals surface area (Å²) in [6.07, 6.45) is 8.56. The van der Waals surface area contributed by atoms with Crippen molar-refractivity contribution in [3.05, 3.63) is 12.2 Å². The van der Waals surface area contributed by atoms with Crippen molar-refractivity contribution >= 4 is 16.9 Å². The van der Waals surface area contributed by atoms with E-state index >= 15 is 0 Å². The lowest BCUT2D eigenvalue weighted by Gasteiger charge is -2.04. The molecule has 0 fully saturated rings. The molecule has 1 rings (SSSR count). The zero-order valence-electron chi connectivity index (χ0n) is 7.58. The van der Waals surface area contributed by atoms with Gasteiger partial charge in [0.1, 0.15) is 0 Å². The SMILES string of the molecule is CCCSC(=O)CC1C=CCC1. The van der Waals surface area contributed by atoms with Crippen molar-refractivity contribution in [1.29, 1.82) is 0 Å². The van der Waals surface area contributed by atoms with E-state index in [0.717, 1.165) is 25.0 Å². The molecule has 0 amide bonds. The Morgan fingerprint density at radius 1 is 1.67 bits per heavy atom. The smallest absolute Gasteiger partial charge is 0.189 e. The molecule has 0 aliphatic heterocycles. The summed E-state index contributed by atoms with van der Waals surface area (Å²) < 4.78 is 0. The molecule has 68 valence electrons. The molecular weight excluding hydrogens is 168 g/mol. The van der Waals surface area contributed by atoms with E-state index in [1.54, 1.807) is 0 Å². The molecule has 0 saturated carbocycles. The lowest BCUT2D eigenvalue weighted by Crippen LogP contribution is -2.01. The van der Waals surface area contributed by atoms with Crippen molar-refractivity contribution in [1.82, 2.24) is 0 Å². The number of carbonyl (C=O) groups excluding carboxylic acids is 1. The number of allylic oxidation sites excluding steroid dienone is 2. The van der Waals surface area contributed by atoms with E-state index in [-0.39, 0.29) is 0 Å². The first kappa shape index (κ1) is 9.85. The van der Waals surface area contributed by atoms with Crippen molar-refractivity contribution in [3.63, 3.8) is 0 Å². The van der Waals surface area contributed by atoms with Crippen LogP contribution < -0.4 is 0 Å². The van der Waals surface area contributed by atoms with Crippen LogP contribution in [0.1, 0.15) is 32.6 Å². The second-order valence-corrected chi connectivity index (χ2v) is 4.34. The molecule has 1 nitrogen and oxygen atoms in total. The van der Waals surface area contributed by atoms with E-state index < -0.39 is 0 Å². The second kappa shape index (κ2) is 5.41. The summed E-state index contributed by atoms with van der Waals surface area (Å²) in [6.45, 7) is 2.11. The molecule has 0 aromatic rings. The fourth-order valence-electron chi connectivity index (χ4n) is 1.35. The first-order valence-electron chi connectivity index (χ1n) is 4.65. The summed E-state index contributed by atoms with van der Waals surface area (Å²) in [5, 5.41) is 0.369. The van der Waals surface area contributed by atoms with Crippen LogP contribution in [0, 0.1) is 5.92 Å². The van der Waals surface area contributed by atoms with E-state index in [0.29, 0.717) is 11.0 Å². The van der Waals surface area contributed by atoms with Gasteiger partial charge in [0.2, 0.25) is 0 Å². The van der Waals surface area contributed by atoms with Gasteiger partial charge in [-0.25, -0.2) is 0 Å². The van der Waals surface area contributed by atoms with Crippen LogP contribution in [0.4, 0.5) is 0 Å². The van der Waals surface area contributed by atoms with Crippen LogP contribution in [-0.2, 0) is 4.79 Å². The molecular formula is C10H16OS. The van der Waals surface area contributed by atoms with Crippen LogP contribution in [0.5, 0.6) is 0 Å². The van der Waals surface area contributed by atoms with E-state index in [4.69, 9.17) is 0 Å². The van der Waals surface area contributed by atoms with Gasteiger partial charge in [-0.1, -0.05) is 30.8 Å². The minimum absolute atomic E-state index is 0.369. The molecule has 0 radical (unpaired) electrons. The molecule has 1 unspecified atom stereocenters. The lowest BCUT2D eigenvalue weighted by atomic mass is 10.1. The molecule has 1 aliphatic carbocycles. The van der Waals surface area contributed by atoms with E-state index in [2.05, 4.69) is 19.1 Å². The maximum Gasteiger partial charge on any atom is 0.189 e. The van der Waals surface area contributed by atoms with Gasteiger partial charge in [-0.2, -0.15) is 0 Å². The average molecular weight is 184 g/mol. The van der Waals surface area contributed by atoms with Gasteiger partial charge < -0.3 is 0 Å². The average Bonchev–Trinajstić information content (AvgIpc) is 2.53. The van der Waals surface area contributed by atoms with Crippen molar-refractivity contribution < 1.29 is 4.79 Å². The zero-order chi connectivity index (χ0) is 8.81. The fraction of sp³-hybridized carbons (Fsp3) is 0.700. The largest absolute Gasteiger partial charge is 0.287 e. The molecule has 0 aromatic heterocycles. The Labute approximate surface area is 78.6 Å². The highest BCUT2D eigenvalue weighted by Crippen LogP contribution is 2.23. The zero-order valence-corrected chi connectivity index (χ0v) is 8.40. The van der Waals surface area contributed by atoms with E-state index in [9.17, 15) is 4.79 Å². The van der Waals surface area contributed by atoms with Gasteiger partial charge in [-0.05, 0) is 25.2 Å². The molecule has 0 N–H and O–H groups in total. The third kappa shape index (κ3) is 3.44. The minimum atomic E-state index is 0.369. The molecule has 0 aromatic carbocycles. The predicted molar refractivity (Wildman–Crippen MR) is 54.2 cm³/mol. The normalized spacial score (nSPS) is 21.6. The number of hydrogen-bond acceptors (Lipinski definition) is 2. The fourth-order valence-corrected chi connectivity index (χ4v) is 2.12. The van der Waals surface area contributed by atoms with Crippen LogP contribution in [0.25, 0.3) is 0 Å². The van der Waals surface area contributed by atoms with Gasteiger partial charge in [0.25, 0.3) is 0 Å². The van der Waals surface area contributed by atoms with Gasteiger partial charge in [0.05, 0.1) is 0 Å². The summed E-state index contributed by atoms with van der Waals surface area (Å²) >= 11 is 1.49. The van der Waals surface area contributed by atoms with Crippen LogP contribution in [0.15, 0.2) is 12.2 Å². The number of hydrogen-bond donors (Lipinski definition) is 0. The highest BCUT2D eigenvalue weighted by atomic mass is 32.2. The predicted octanol–water partition coefficient (Wildman–Crippen LogP) is 3.01. The first-order valence-corrected chi connectivity index (χ1v) is 5.63. The summed E-state index contributed by atoms with van der Waals surface area (Å²) in [5.41, 5.74) is 0. The van der Waals surface area contributed by atoms with Gasteiger partial charge in [-0.3, -0.25) is 4.79 Å². The summed E-state index contributed by atoms with van der Waals surface area (Å²) in [4.78, 5) is 11.3. The van der Waals surface area contributed by atoms with Gasteiger partial charge in [0, 0.05) is 12.2 Å². The number of thioether (sulfide) groups is 1. The van der Waals surface area contributed by atoms with Crippen LogP contribution >= 0.6 is 11.8 Å². The molecule has 2 heteroatoms. The van der Waals surface area contributed by atoms with Crippen LogP contribution in [0.3, 0.4) is 0 Å². The van der Waals surface area contributed by atoms with E-state index in [1.165, 1.54) is 18.2 Å². The molecule has 1 aliphatic rings. The van der Waals surface area contributed by atoms with Crippen molar-refractivity contribution in [2.24, 2.45) is 5.92 Å². The van der Waals surface area contributed by atoms with Crippen LogP contribution in [0.2, 0.25) is 0 Å². The Balaban J connectivity index is 2.12. The molecule has 1 atom stereocenters. The van der Waals surface area contributed by atoms with Crippen molar-refractivity contribution in [3.8, 4) is 0 Å². The standard InChI is InChI=1S/C10H16OS/c1-2-7-12-10(11)8-9-5-3-4-6-9/h3,5,9H,2,4,6-8H2,1H3. The molecule has 0 heterocycles. The first-order chi connectivity index (χ1) is 5.83. The number of carbonyl (C=O) groups is 1. The summed E-state index contributed by atoms with van der Waals surface area (Å²) in [7, 11) is 0. The lowest BCUT2D eigenvalue weighted by molar-refractivity contribution is -0.111. The summed E-state index contributed by atoms with van der Waals surface area (Å²) in [5.74, 6) is 1.52. The second-order valence-electron chi connectivity index (χ2n) is 3.19. The van der Waals surface area contributed by atoms with Gasteiger partial charge in [-0.15, -0.1) is 0 Å². The summed E-state index contributed by atoms with van der Waals surface area (Å²) in [6, 6.07) is 0. The Kier molecular flexibility index (Phi) is 4.44. The van der Waals surface area contributed by atoms with Crippen molar-refractivity contribution in [2.75, 3.05) is 5.75 Å². The van der Waals surface area contributed by atoms with Crippen LogP contribution in [-0.4, -0.2) is 10.9 Å². The molecule has 0 bridgehead atoms. The Bertz CT molecular complexity index is 175. The molecule has 0 spiro atoms. The number of rotatable bonds is 4. The van der Waals surface area contributed by atoms with Gasteiger partial charge in [0.15, 0.2) is 5.12 Å². The quantitative estimate of drug-likeness (QED) is 0.625. The highest BCUT2D eigenvalue weighted by Gasteiger charge is 2.13. The topological polar surface area (TPSA) is 17.1 Å². The molecule has 12 heavy (non-hydrogen) atoms. The van der Waals surface area contributed by atoms with E-state index in [1.807, 2.05) is 0 Å². The van der Waals surface area contributed by atoms with Crippen molar-refractivity contribution in [2.45, 2.75) is 32.6 Å². The monoisotopic (exact) mass is 184 g/mol.